The summed E-state index contributed by atoms with van der Waals surface area (Å²) < 4.78 is 0. The van der Waals surface area contributed by atoms with E-state index in [4.69, 9.17) is 11.6 Å². The topological polar surface area (TPSA) is 15.3 Å². The lowest BCUT2D eigenvalue weighted by Gasteiger charge is -2.34. The van der Waals surface area contributed by atoms with Crippen LogP contribution in [0.1, 0.15) is 39.7 Å². The second-order valence-electron chi connectivity index (χ2n) is 6.74. The molecule has 118 valence electrons. The first-order valence-electron chi connectivity index (χ1n) is 7.79. The first-order chi connectivity index (χ1) is 9.89. The molecular formula is C17H27ClN2S. The molecule has 0 aliphatic carbocycles. The van der Waals surface area contributed by atoms with E-state index in [1.54, 1.807) is 0 Å². The van der Waals surface area contributed by atoms with Gasteiger partial charge in [-0.2, -0.15) is 11.8 Å². The van der Waals surface area contributed by atoms with Crippen LogP contribution in [0.5, 0.6) is 0 Å². The quantitative estimate of drug-likeness (QED) is 0.873. The summed E-state index contributed by atoms with van der Waals surface area (Å²) in [6.45, 7) is 11.9. The molecular weight excluding hydrogens is 300 g/mol. The lowest BCUT2D eigenvalue weighted by atomic mass is 10.1. The zero-order valence-electron chi connectivity index (χ0n) is 13.6. The van der Waals surface area contributed by atoms with E-state index in [0.717, 1.165) is 29.9 Å². The van der Waals surface area contributed by atoms with E-state index < -0.39 is 0 Å². The van der Waals surface area contributed by atoms with Crippen LogP contribution in [0.3, 0.4) is 0 Å². The van der Waals surface area contributed by atoms with Gasteiger partial charge in [-0.3, -0.25) is 0 Å². The molecule has 1 fully saturated rings. The van der Waals surface area contributed by atoms with Crippen LogP contribution in [0.25, 0.3) is 0 Å². The number of benzene rings is 1. The van der Waals surface area contributed by atoms with Crippen LogP contribution in [0.2, 0.25) is 5.02 Å². The molecule has 0 aromatic heterocycles. The van der Waals surface area contributed by atoms with Gasteiger partial charge in [0.1, 0.15) is 0 Å². The van der Waals surface area contributed by atoms with Crippen molar-refractivity contribution in [1.29, 1.82) is 0 Å². The largest absolute Gasteiger partial charge is 0.368 e. The summed E-state index contributed by atoms with van der Waals surface area (Å²) in [7, 11) is 0. The average molecular weight is 327 g/mol. The van der Waals surface area contributed by atoms with Crippen molar-refractivity contribution in [2.45, 2.75) is 51.4 Å². The van der Waals surface area contributed by atoms with E-state index in [-0.39, 0.29) is 5.54 Å². The Morgan fingerprint density at radius 3 is 2.76 bits per heavy atom. The fourth-order valence-electron chi connectivity index (χ4n) is 2.47. The van der Waals surface area contributed by atoms with E-state index in [1.807, 2.05) is 0 Å². The fraction of sp³-hybridized carbons (Fsp3) is 0.647. The minimum absolute atomic E-state index is 0.129. The Morgan fingerprint density at radius 2 is 2.14 bits per heavy atom. The standard InChI is InChI=1S/C17H27ClN2S/c1-5-14-12-20(8-9-21-14)16-7-6-13(10-15(16)18)11-19-17(2,3)4/h6-7,10,14,19H,5,8-9,11-12H2,1-4H3. The normalized spacial score (nSPS) is 19.9. The molecule has 0 bridgehead atoms. The highest BCUT2D eigenvalue weighted by Gasteiger charge is 2.21. The third kappa shape index (κ3) is 5.08. The van der Waals surface area contributed by atoms with Crippen LogP contribution in [-0.2, 0) is 6.54 Å². The maximum absolute atomic E-state index is 6.53. The molecule has 4 heteroatoms. The maximum atomic E-state index is 6.53. The highest BCUT2D eigenvalue weighted by molar-refractivity contribution is 8.00. The molecule has 1 aliphatic heterocycles. The zero-order valence-corrected chi connectivity index (χ0v) is 15.2. The second kappa shape index (κ2) is 7.26. The molecule has 0 radical (unpaired) electrons. The lowest BCUT2D eigenvalue weighted by molar-refractivity contribution is 0.424. The summed E-state index contributed by atoms with van der Waals surface area (Å²) in [5.74, 6) is 1.20. The van der Waals surface area contributed by atoms with Crippen molar-refractivity contribution >= 4 is 29.1 Å². The van der Waals surface area contributed by atoms with Crippen LogP contribution in [-0.4, -0.2) is 29.6 Å². The molecule has 1 aliphatic rings. The molecule has 0 spiro atoms. The molecule has 0 saturated carbocycles. The molecule has 1 unspecified atom stereocenters. The fourth-order valence-corrected chi connectivity index (χ4v) is 3.97. The Bertz CT molecular complexity index is 470. The van der Waals surface area contributed by atoms with Crippen molar-refractivity contribution in [3.8, 4) is 0 Å². The maximum Gasteiger partial charge on any atom is 0.0642 e. The van der Waals surface area contributed by atoms with Gasteiger partial charge in [0.15, 0.2) is 0 Å². The van der Waals surface area contributed by atoms with Crippen LogP contribution in [0.4, 0.5) is 5.69 Å². The van der Waals surface area contributed by atoms with Gasteiger partial charge >= 0.3 is 0 Å². The zero-order chi connectivity index (χ0) is 15.5. The molecule has 1 aromatic carbocycles. The van der Waals surface area contributed by atoms with E-state index in [1.165, 1.54) is 23.4 Å². The molecule has 2 nitrogen and oxygen atoms in total. The first kappa shape index (κ1) is 17.0. The van der Waals surface area contributed by atoms with Gasteiger partial charge in [-0.1, -0.05) is 24.6 Å². The van der Waals surface area contributed by atoms with Gasteiger partial charge in [0, 0.05) is 36.2 Å². The first-order valence-corrected chi connectivity index (χ1v) is 9.21. The summed E-state index contributed by atoms with van der Waals surface area (Å²) in [4.78, 5) is 2.44. The molecule has 2 rings (SSSR count). The SMILES string of the molecule is CCC1CN(c2ccc(CNC(C)(C)C)cc2Cl)CCS1. The van der Waals surface area contributed by atoms with Gasteiger partial charge in [0.05, 0.1) is 10.7 Å². The summed E-state index contributed by atoms with van der Waals surface area (Å²) >= 11 is 8.61. The van der Waals surface area contributed by atoms with E-state index in [9.17, 15) is 0 Å². The average Bonchev–Trinajstić information content (AvgIpc) is 2.44. The van der Waals surface area contributed by atoms with Gasteiger partial charge in [-0.25, -0.2) is 0 Å². The third-order valence-electron chi connectivity index (χ3n) is 3.77. The molecule has 1 N–H and O–H groups in total. The van der Waals surface area contributed by atoms with Crippen LogP contribution >= 0.6 is 23.4 Å². The summed E-state index contributed by atoms with van der Waals surface area (Å²) in [6, 6.07) is 6.49. The second-order valence-corrected chi connectivity index (χ2v) is 8.55. The number of hydrogen-bond acceptors (Lipinski definition) is 3. The van der Waals surface area contributed by atoms with Gasteiger partial charge < -0.3 is 10.2 Å². The molecule has 1 atom stereocenters. The number of nitrogens with zero attached hydrogens (tertiary/aromatic N) is 1. The third-order valence-corrected chi connectivity index (χ3v) is 5.44. The van der Waals surface area contributed by atoms with Gasteiger partial charge in [-0.05, 0) is 44.9 Å². The number of hydrogen-bond donors (Lipinski definition) is 1. The van der Waals surface area contributed by atoms with E-state index in [2.05, 4.69) is 67.9 Å². The summed E-state index contributed by atoms with van der Waals surface area (Å²) in [5, 5.41) is 5.12. The highest BCUT2D eigenvalue weighted by Crippen LogP contribution is 2.31. The lowest BCUT2D eigenvalue weighted by Crippen LogP contribution is -2.37. The molecule has 0 amide bonds. The number of halogens is 1. The Morgan fingerprint density at radius 1 is 1.38 bits per heavy atom. The Hall–Kier alpha value is -0.380. The van der Waals surface area contributed by atoms with Crippen molar-refractivity contribution in [2.24, 2.45) is 0 Å². The highest BCUT2D eigenvalue weighted by atomic mass is 35.5. The molecule has 1 aromatic rings. The number of rotatable bonds is 4. The van der Waals surface area contributed by atoms with Crippen molar-refractivity contribution < 1.29 is 0 Å². The minimum atomic E-state index is 0.129. The van der Waals surface area contributed by atoms with Gasteiger partial charge in [0.25, 0.3) is 0 Å². The smallest absolute Gasteiger partial charge is 0.0642 e. The van der Waals surface area contributed by atoms with Crippen molar-refractivity contribution in [1.82, 2.24) is 5.32 Å². The van der Waals surface area contributed by atoms with Crippen LogP contribution in [0.15, 0.2) is 18.2 Å². The minimum Gasteiger partial charge on any atom is -0.368 e. The van der Waals surface area contributed by atoms with Gasteiger partial charge in [0.2, 0.25) is 0 Å². The van der Waals surface area contributed by atoms with Crippen molar-refractivity contribution in [2.75, 3.05) is 23.7 Å². The van der Waals surface area contributed by atoms with Gasteiger partial charge in [-0.15, -0.1) is 0 Å². The van der Waals surface area contributed by atoms with E-state index >= 15 is 0 Å². The van der Waals surface area contributed by atoms with Crippen molar-refractivity contribution in [3.05, 3.63) is 28.8 Å². The van der Waals surface area contributed by atoms with Crippen LogP contribution < -0.4 is 10.2 Å². The monoisotopic (exact) mass is 326 g/mol. The number of anilines is 1. The predicted octanol–water partition coefficient (Wildman–Crippen LogP) is 4.56. The summed E-state index contributed by atoms with van der Waals surface area (Å²) in [6.07, 6.45) is 1.23. The Balaban J connectivity index is 2.05. The number of nitrogens with one attached hydrogen (secondary N) is 1. The predicted molar refractivity (Wildman–Crippen MR) is 96.8 cm³/mol. The molecule has 1 saturated heterocycles. The molecule has 1 heterocycles. The van der Waals surface area contributed by atoms with Crippen molar-refractivity contribution in [3.63, 3.8) is 0 Å². The Kier molecular flexibility index (Phi) is 5.87. The number of thioether (sulfide) groups is 1. The van der Waals surface area contributed by atoms with Crippen LogP contribution in [0, 0.1) is 0 Å². The van der Waals surface area contributed by atoms with E-state index in [0.29, 0.717) is 0 Å². The summed E-state index contributed by atoms with van der Waals surface area (Å²) in [5.41, 5.74) is 2.57. The Labute approximate surface area is 138 Å². The molecule has 21 heavy (non-hydrogen) atoms.